The van der Waals surface area contributed by atoms with Gasteiger partial charge in [0.15, 0.2) is 4.90 Å². The first-order valence-corrected chi connectivity index (χ1v) is 17.5. The van der Waals surface area contributed by atoms with E-state index in [4.69, 9.17) is 11.6 Å². The molecule has 1 unspecified atom stereocenters. The summed E-state index contributed by atoms with van der Waals surface area (Å²) < 4.78 is 13.1. The first-order chi connectivity index (χ1) is 22.3. The second kappa shape index (κ2) is 15.0. The van der Waals surface area contributed by atoms with E-state index in [0.29, 0.717) is 38.9 Å². The molecule has 0 bridgehead atoms. The van der Waals surface area contributed by atoms with E-state index >= 15 is 0 Å². The van der Waals surface area contributed by atoms with E-state index in [1.54, 1.807) is 13.0 Å². The van der Waals surface area contributed by atoms with Gasteiger partial charge in [0.25, 0.3) is 5.91 Å². The predicted octanol–water partition coefficient (Wildman–Crippen LogP) is 9.85. The molecule has 1 atom stereocenters. The standard InChI is InChI=1S/C40H40ClNO3S/c1-4-6-16-29-26-36(46(45)25-5-2)28(3)37(38(29)43)39(44)42-35-24-23-33(27-34(35)41)40(30-17-10-7-11-18-30,31-19-12-8-13-20-31)32-21-14-9-15-22-32/h7-15,17-24,26-27,43H,4-6,16,25H2,1-3H3,(H,42,44). The summed E-state index contributed by atoms with van der Waals surface area (Å²) in [7, 11) is 0. The van der Waals surface area contributed by atoms with Gasteiger partial charge in [-0.15, -0.1) is 0 Å². The van der Waals surface area contributed by atoms with Gasteiger partial charge in [-0.3, -0.25) is 4.79 Å². The van der Waals surface area contributed by atoms with Gasteiger partial charge < -0.3 is 15.0 Å². The fourth-order valence-electron chi connectivity index (χ4n) is 6.26. The van der Waals surface area contributed by atoms with E-state index in [1.807, 2.05) is 79.7 Å². The fraction of sp³-hybridized carbons (Fsp3) is 0.225. The van der Waals surface area contributed by atoms with E-state index in [0.717, 1.165) is 41.5 Å². The third-order valence-electron chi connectivity index (χ3n) is 8.52. The Hall–Kier alpha value is -4.03. The normalized spacial score (nSPS) is 12.1. The highest BCUT2D eigenvalue weighted by Crippen LogP contribution is 2.46. The lowest BCUT2D eigenvalue weighted by Gasteiger charge is -2.37. The number of unbranched alkanes of at least 4 members (excludes halogenated alkanes) is 1. The summed E-state index contributed by atoms with van der Waals surface area (Å²) >= 11 is 5.72. The van der Waals surface area contributed by atoms with Crippen molar-refractivity contribution in [3.8, 4) is 5.75 Å². The molecule has 0 fully saturated rings. The molecule has 5 rings (SSSR count). The summed E-state index contributed by atoms with van der Waals surface area (Å²) in [4.78, 5) is 14.5. The van der Waals surface area contributed by atoms with Gasteiger partial charge in [0, 0.05) is 11.6 Å². The molecule has 0 aliphatic carbocycles. The van der Waals surface area contributed by atoms with Crippen LogP contribution in [0.3, 0.4) is 0 Å². The van der Waals surface area contributed by atoms with Crippen molar-refractivity contribution in [2.24, 2.45) is 0 Å². The van der Waals surface area contributed by atoms with Crippen molar-refractivity contribution in [2.45, 2.75) is 56.8 Å². The Morgan fingerprint density at radius 2 is 1.35 bits per heavy atom. The van der Waals surface area contributed by atoms with Crippen molar-refractivity contribution < 1.29 is 14.5 Å². The molecule has 2 N–H and O–H groups in total. The number of anilines is 1. The molecule has 6 heteroatoms. The summed E-state index contributed by atoms with van der Waals surface area (Å²) in [6.45, 7) is 5.80. The molecule has 4 nitrogen and oxygen atoms in total. The molecule has 0 saturated carbocycles. The van der Waals surface area contributed by atoms with Crippen LogP contribution >= 0.6 is 11.6 Å². The average Bonchev–Trinajstić information content (AvgIpc) is 3.07. The maximum absolute atomic E-state index is 13.9. The van der Waals surface area contributed by atoms with Crippen LogP contribution in [-0.2, 0) is 23.0 Å². The molecule has 46 heavy (non-hydrogen) atoms. The van der Waals surface area contributed by atoms with E-state index in [9.17, 15) is 14.5 Å². The van der Waals surface area contributed by atoms with Gasteiger partial charge >= 0.3 is 0 Å². The summed E-state index contributed by atoms with van der Waals surface area (Å²) in [5.74, 6) is -0.0676. The summed E-state index contributed by atoms with van der Waals surface area (Å²) in [6, 6.07) is 38.6. The average molecular weight is 650 g/mol. The fourth-order valence-corrected chi connectivity index (χ4v) is 7.80. The van der Waals surface area contributed by atoms with E-state index in [1.165, 1.54) is 0 Å². The van der Waals surface area contributed by atoms with Crippen molar-refractivity contribution >= 4 is 34.4 Å². The van der Waals surface area contributed by atoms with Gasteiger partial charge in [0.2, 0.25) is 0 Å². The summed E-state index contributed by atoms with van der Waals surface area (Å²) in [5.41, 5.74) is 5.22. The second-order valence-electron chi connectivity index (χ2n) is 11.5. The SMILES string of the molecule is CCCCc1cc([S+]([O-])CCC)c(C)c(C(=O)Nc2ccc(C(c3ccccc3)(c3ccccc3)c3ccccc3)cc2Cl)c1O. The third kappa shape index (κ3) is 6.59. The minimum absolute atomic E-state index is 0.0651. The number of aryl methyl sites for hydroxylation is 1. The monoisotopic (exact) mass is 649 g/mol. The van der Waals surface area contributed by atoms with Crippen LogP contribution in [0.4, 0.5) is 5.69 Å². The largest absolute Gasteiger partial charge is 0.611 e. The van der Waals surface area contributed by atoms with Crippen LogP contribution in [0.1, 0.15) is 76.8 Å². The van der Waals surface area contributed by atoms with E-state index in [2.05, 4.69) is 48.6 Å². The van der Waals surface area contributed by atoms with Crippen LogP contribution in [0.5, 0.6) is 5.75 Å². The highest BCUT2D eigenvalue weighted by Gasteiger charge is 2.38. The number of rotatable bonds is 12. The predicted molar refractivity (Wildman–Crippen MR) is 191 cm³/mol. The third-order valence-corrected chi connectivity index (χ3v) is 10.5. The lowest BCUT2D eigenvalue weighted by atomic mass is 9.65. The lowest BCUT2D eigenvalue weighted by Crippen LogP contribution is -2.31. The molecule has 5 aromatic carbocycles. The highest BCUT2D eigenvalue weighted by atomic mass is 35.5. The molecule has 0 aliphatic rings. The van der Waals surface area contributed by atoms with E-state index in [-0.39, 0.29) is 11.3 Å². The molecular formula is C40H40ClNO3S. The zero-order valence-electron chi connectivity index (χ0n) is 26.6. The Balaban J connectivity index is 1.61. The Kier molecular flexibility index (Phi) is 10.9. The van der Waals surface area contributed by atoms with Gasteiger partial charge in [-0.2, -0.15) is 0 Å². The van der Waals surface area contributed by atoms with Crippen molar-refractivity contribution in [1.82, 2.24) is 0 Å². The quantitative estimate of drug-likeness (QED) is 0.104. The second-order valence-corrected chi connectivity index (χ2v) is 13.5. The lowest BCUT2D eigenvalue weighted by molar-refractivity contribution is 0.102. The Morgan fingerprint density at radius 1 is 0.804 bits per heavy atom. The van der Waals surface area contributed by atoms with Crippen LogP contribution in [0.2, 0.25) is 5.02 Å². The van der Waals surface area contributed by atoms with Gasteiger partial charge in [-0.25, -0.2) is 0 Å². The number of amides is 1. The maximum atomic E-state index is 13.9. The van der Waals surface area contributed by atoms with Crippen molar-refractivity contribution in [1.29, 1.82) is 0 Å². The Labute approximate surface area is 280 Å². The number of halogens is 1. The van der Waals surface area contributed by atoms with Crippen molar-refractivity contribution in [3.63, 3.8) is 0 Å². The molecule has 0 saturated heterocycles. The van der Waals surface area contributed by atoms with Crippen LogP contribution in [0.15, 0.2) is 120 Å². The number of hydrogen-bond acceptors (Lipinski definition) is 3. The summed E-state index contributed by atoms with van der Waals surface area (Å²) in [6.07, 6.45) is 3.11. The molecule has 0 spiro atoms. The highest BCUT2D eigenvalue weighted by molar-refractivity contribution is 7.91. The molecular weight excluding hydrogens is 610 g/mol. The van der Waals surface area contributed by atoms with Crippen LogP contribution in [0, 0.1) is 6.92 Å². The number of carbonyl (C=O) groups excluding carboxylic acids is 1. The molecule has 236 valence electrons. The molecule has 0 aliphatic heterocycles. The number of phenolic OH excluding ortho intramolecular Hbond substituents is 1. The van der Waals surface area contributed by atoms with Gasteiger partial charge in [0.05, 0.1) is 21.7 Å². The minimum Gasteiger partial charge on any atom is -0.611 e. The van der Waals surface area contributed by atoms with E-state index < -0.39 is 22.5 Å². The Morgan fingerprint density at radius 3 is 1.83 bits per heavy atom. The van der Waals surface area contributed by atoms with Gasteiger partial charge in [-0.05, 0) is 77.3 Å². The topological polar surface area (TPSA) is 72.4 Å². The zero-order chi connectivity index (χ0) is 32.7. The van der Waals surface area contributed by atoms with Crippen LogP contribution in [0.25, 0.3) is 0 Å². The molecule has 5 aromatic rings. The first-order valence-electron chi connectivity index (χ1n) is 15.8. The van der Waals surface area contributed by atoms with Crippen molar-refractivity contribution in [2.75, 3.05) is 11.1 Å². The van der Waals surface area contributed by atoms with Crippen LogP contribution < -0.4 is 5.32 Å². The first kappa shape index (κ1) is 33.3. The Bertz CT molecular complexity index is 1680. The number of carbonyl (C=O) groups is 1. The van der Waals surface area contributed by atoms with Gasteiger partial charge in [-0.1, -0.05) is 129 Å². The smallest absolute Gasteiger partial charge is 0.259 e. The van der Waals surface area contributed by atoms with Crippen LogP contribution in [-0.4, -0.2) is 21.3 Å². The number of aromatic hydroxyl groups is 1. The number of nitrogens with one attached hydrogen (secondary N) is 1. The zero-order valence-corrected chi connectivity index (χ0v) is 28.1. The molecule has 0 radical (unpaired) electrons. The molecule has 1 amide bonds. The minimum atomic E-state index is -1.28. The number of hydrogen-bond donors (Lipinski definition) is 2. The number of phenols is 1. The molecule has 0 aromatic heterocycles. The van der Waals surface area contributed by atoms with Gasteiger partial charge in [0.1, 0.15) is 11.5 Å². The molecule has 0 heterocycles. The number of benzene rings is 5. The summed E-state index contributed by atoms with van der Waals surface area (Å²) in [5, 5.41) is 14.6. The van der Waals surface area contributed by atoms with Crippen molar-refractivity contribution in [3.05, 3.63) is 159 Å². The maximum Gasteiger partial charge on any atom is 0.259 e.